The number of amides is 2. The van der Waals surface area contributed by atoms with Gasteiger partial charge in [0.25, 0.3) is 0 Å². The minimum Gasteiger partial charge on any atom is -0.465 e. The lowest BCUT2D eigenvalue weighted by Crippen LogP contribution is -2.57. The van der Waals surface area contributed by atoms with E-state index in [0.29, 0.717) is 23.9 Å². The number of aromatic nitrogens is 3. The van der Waals surface area contributed by atoms with Crippen LogP contribution in [0.25, 0.3) is 11.0 Å². The number of alkyl halides is 1. The minimum atomic E-state index is -1.33. The largest absolute Gasteiger partial charge is 0.465 e. The Balaban J connectivity index is 1.39. The summed E-state index contributed by atoms with van der Waals surface area (Å²) in [5.41, 5.74) is 0.758. The Hall–Kier alpha value is -3.87. The van der Waals surface area contributed by atoms with Crippen molar-refractivity contribution in [1.82, 2.24) is 24.8 Å². The lowest BCUT2D eigenvalue weighted by atomic mass is 9.70. The van der Waals surface area contributed by atoms with Gasteiger partial charge in [0.15, 0.2) is 0 Å². The van der Waals surface area contributed by atoms with Gasteiger partial charge in [0.1, 0.15) is 23.8 Å². The number of carbonyl (C=O) groups is 3. The van der Waals surface area contributed by atoms with E-state index in [9.17, 15) is 19.5 Å². The number of unbranched alkanes of at least 4 members (excludes halogenated alkanes) is 2. The molecule has 0 saturated carbocycles. The number of benzene rings is 2. The summed E-state index contributed by atoms with van der Waals surface area (Å²) in [4.78, 5) is 45.9. The summed E-state index contributed by atoms with van der Waals surface area (Å²) >= 11 is 3.71. The number of halogens is 1. The Kier molecular flexibility index (Phi) is 9.39. The second-order valence-corrected chi connectivity index (χ2v) is 13.2. The SMILES string of the molecule is C=CCCCCOC(=O)[C@H]1[C@@H]2OC3(CC2Br)C(C(=O)N(CC=C)Cn2nnc4ccccc42)N([C@H](CO)c2ccccc2)C(=O)[C@H]13. The molecule has 7 atom stereocenters. The van der Waals surface area contributed by atoms with Gasteiger partial charge < -0.3 is 24.4 Å². The van der Waals surface area contributed by atoms with Crippen molar-refractivity contribution in [2.45, 2.75) is 61.0 Å². The summed E-state index contributed by atoms with van der Waals surface area (Å²) in [5.74, 6) is -3.20. The summed E-state index contributed by atoms with van der Waals surface area (Å²) < 4.78 is 14.0. The molecule has 3 aliphatic rings. The fraction of sp³-hybridized carbons (Fsp3) is 0.441. The van der Waals surface area contributed by atoms with Gasteiger partial charge >= 0.3 is 5.97 Å². The average Bonchev–Trinajstić information content (AvgIpc) is 3.79. The van der Waals surface area contributed by atoms with E-state index >= 15 is 0 Å². The van der Waals surface area contributed by atoms with Gasteiger partial charge in [-0.15, -0.1) is 18.3 Å². The third-order valence-electron chi connectivity index (χ3n) is 9.36. The van der Waals surface area contributed by atoms with Crippen molar-refractivity contribution in [1.29, 1.82) is 0 Å². The Morgan fingerprint density at radius 3 is 2.65 bits per heavy atom. The Bertz CT molecular complexity index is 1620. The molecule has 1 N–H and O–H groups in total. The normalized spacial score (nSPS) is 27.0. The molecule has 1 aromatic heterocycles. The van der Waals surface area contributed by atoms with Gasteiger partial charge in [-0.2, -0.15) is 0 Å². The molecule has 3 fully saturated rings. The minimum absolute atomic E-state index is 0.0388. The topological polar surface area (TPSA) is 127 Å². The zero-order valence-electron chi connectivity index (χ0n) is 25.5. The van der Waals surface area contributed by atoms with Crippen molar-refractivity contribution in [3.8, 4) is 0 Å². The van der Waals surface area contributed by atoms with Crippen molar-refractivity contribution in [3.63, 3.8) is 0 Å². The van der Waals surface area contributed by atoms with Gasteiger partial charge in [0, 0.05) is 11.4 Å². The van der Waals surface area contributed by atoms with Gasteiger partial charge in [0.2, 0.25) is 11.8 Å². The predicted molar refractivity (Wildman–Crippen MR) is 173 cm³/mol. The number of esters is 1. The number of para-hydroxylation sites is 1. The maximum Gasteiger partial charge on any atom is 0.312 e. The second-order valence-electron chi connectivity index (χ2n) is 12.0. The van der Waals surface area contributed by atoms with Crippen molar-refractivity contribution < 1.29 is 29.0 Å². The third kappa shape index (κ3) is 5.46. The Morgan fingerprint density at radius 2 is 1.91 bits per heavy atom. The van der Waals surface area contributed by atoms with E-state index in [1.54, 1.807) is 15.7 Å². The first kappa shape index (κ1) is 32.1. The molecule has 242 valence electrons. The number of aliphatic hydroxyl groups excluding tert-OH is 1. The second kappa shape index (κ2) is 13.5. The number of fused-ring (bicyclic) bond motifs is 2. The van der Waals surface area contributed by atoms with Crippen LogP contribution in [0.1, 0.15) is 37.3 Å². The maximum atomic E-state index is 14.9. The molecule has 3 aromatic rings. The number of rotatable bonds is 14. The fourth-order valence-corrected chi connectivity index (χ4v) is 8.31. The van der Waals surface area contributed by atoms with E-state index in [0.717, 1.165) is 18.4 Å². The van der Waals surface area contributed by atoms with Crippen LogP contribution in [-0.4, -0.2) is 90.0 Å². The maximum absolute atomic E-state index is 14.9. The molecule has 3 saturated heterocycles. The van der Waals surface area contributed by atoms with Crippen LogP contribution in [0.3, 0.4) is 0 Å². The number of hydrogen-bond acceptors (Lipinski definition) is 8. The van der Waals surface area contributed by atoms with Gasteiger partial charge in [-0.3, -0.25) is 14.4 Å². The number of allylic oxidation sites excluding steroid dienone is 1. The highest BCUT2D eigenvalue weighted by molar-refractivity contribution is 9.09. The molecule has 3 aliphatic heterocycles. The van der Waals surface area contributed by atoms with Crippen molar-refractivity contribution in [2.24, 2.45) is 11.8 Å². The van der Waals surface area contributed by atoms with Crippen LogP contribution in [0, 0.1) is 11.8 Å². The number of likely N-dealkylation sites (tertiary alicyclic amines) is 1. The van der Waals surface area contributed by atoms with E-state index in [1.165, 1.54) is 4.90 Å². The van der Waals surface area contributed by atoms with Crippen LogP contribution in [0.5, 0.6) is 0 Å². The van der Waals surface area contributed by atoms with E-state index in [1.807, 2.05) is 60.7 Å². The number of carbonyl (C=O) groups excluding carboxylic acids is 3. The molecule has 2 bridgehead atoms. The lowest BCUT2D eigenvalue weighted by Gasteiger charge is -2.39. The zero-order valence-corrected chi connectivity index (χ0v) is 27.1. The molecule has 11 nitrogen and oxygen atoms in total. The summed E-state index contributed by atoms with van der Waals surface area (Å²) in [6.45, 7) is 7.58. The molecule has 0 aliphatic carbocycles. The smallest absolute Gasteiger partial charge is 0.312 e. The van der Waals surface area contributed by atoms with Gasteiger partial charge in [0.05, 0.1) is 42.7 Å². The van der Waals surface area contributed by atoms with E-state index < -0.39 is 60.0 Å². The van der Waals surface area contributed by atoms with E-state index in [-0.39, 0.29) is 24.6 Å². The number of ether oxygens (including phenoxy) is 2. The van der Waals surface area contributed by atoms with Crippen molar-refractivity contribution >= 4 is 44.7 Å². The fourth-order valence-electron chi connectivity index (χ4n) is 7.37. The number of aliphatic hydroxyl groups is 1. The van der Waals surface area contributed by atoms with Crippen LogP contribution >= 0.6 is 15.9 Å². The lowest BCUT2D eigenvalue weighted by molar-refractivity contribution is -0.157. The quantitative estimate of drug-likeness (QED) is 0.117. The van der Waals surface area contributed by atoms with Crippen molar-refractivity contribution in [2.75, 3.05) is 19.8 Å². The molecular formula is C34H38BrN5O6. The molecular weight excluding hydrogens is 654 g/mol. The van der Waals surface area contributed by atoms with Crippen LogP contribution in [0.2, 0.25) is 0 Å². The van der Waals surface area contributed by atoms with Crippen LogP contribution in [0.15, 0.2) is 79.9 Å². The van der Waals surface area contributed by atoms with Gasteiger partial charge in [-0.25, -0.2) is 4.68 Å². The first-order valence-corrected chi connectivity index (χ1v) is 16.5. The predicted octanol–water partition coefficient (Wildman–Crippen LogP) is 3.78. The molecule has 12 heteroatoms. The highest BCUT2D eigenvalue weighted by atomic mass is 79.9. The van der Waals surface area contributed by atoms with Crippen LogP contribution in [0.4, 0.5) is 0 Å². The molecule has 2 aromatic carbocycles. The van der Waals surface area contributed by atoms with E-state index in [4.69, 9.17) is 9.47 Å². The Labute approximate surface area is 275 Å². The summed E-state index contributed by atoms with van der Waals surface area (Å²) in [6.07, 6.45) is 5.41. The van der Waals surface area contributed by atoms with Gasteiger partial charge in [-0.05, 0) is 43.4 Å². The van der Waals surface area contributed by atoms with Crippen LogP contribution in [-0.2, 0) is 30.5 Å². The first-order chi connectivity index (χ1) is 22.4. The van der Waals surface area contributed by atoms with Crippen molar-refractivity contribution in [3.05, 3.63) is 85.5 Å². The molecule has 1 spiro atoms. The average molecular weight is 693 g/mol. The van der Waals surface area contributed by atoms with Crippen LogP contribution < -0.4 is 0 Å². The Morgan fingerprint density at radius 1 is 1.15 bits per heavy atom. The first-order valence-electron chi connectivity index (χ1n) is 15.6. The number of hydrogen-bond donors (Lipinski definition) is 1. The molecule has 46 heavy (non-hydrogen) atoms. The highest BCUT2D eigenvalue weighted by Crippen LogP contribution is 2.61. The summed E-state index contributed by atoms with van der Waals surface area (Å²) in [6, 6.07) is 14.5. The standard InChI is InChI=1S/C34H38BrN5O6/c1-3-5-6-12-18-45-33(44)27-28-31(42)40(26(20-41)22-13-8-7-9-14-22)30(34(28)19-23(35)29(27)46-34)32(43)38(17-4-2)21-39-25-16-11-10-15-24(25)36-37-39/h3-4,7-11,13-16,23,26-30,41H,1-2,5-6,12,17-21H2/t23?,26-,27-,28+,29-,30?,34?/m1/s1. The van der Waals surface area contributed by atoms with Gasteiger partial charge in [-0.1, -0.05) is 75.8 Å². The molecule has 2 amide bonds. The monoisotopic (exact) mass is 691 g/mol. The number of nitrogens with zero attached hydrogens (tertiary/aromatic N) is 5. The summed E-state index contributed by atoms with van der Waals surface area (Å²) in [5, 5.41) is 19.3. The van der Waals surface area contributed by atoms with E-state index in [2.05, 4.69) is 39.4 Å². The molecule has 0 radical (unpaired) electrons. The molecule has 3 unspecified atom stereocenters. The zero-order chi connectivity index (χ0) is 32.4. The summed E-state index contributed by atoms with van der Waals surface area (Å²) in [7, 11) is 0. The molecule has 4 heterocycles. The highest BCUT2D eigenvalue weighted by Gasteiger charge is 2.77. The third-order valence-corrected chi connectivity index (χ3v) is 10.2. The molecule has 6 rings (SSSR count).